The van der Waals surface area contributed by atoms with Gasteiger partial charge in [0, 0.05) is 20.0 Å². The summed E-state index contributed by atoms with van der Waals surface area (Å²) >= 11 is 0. The topological polar surface area (TPSA) is 53.3 Å². The number of hydrogen-bond acceptors (Lipinski definition) is 3. The molecule has 1 unspecified atom stereocenters. The van der Waals surface area contributed by atoms with Crippen molar-refractivity contribution in [1.29, 1.82) is 5.26 Å². The molecule has 1 fully saturated rings. The molecule has 1 aliphatic heterocycles. The molecule has 0 saturated carbocycles. The van der Waals surface area contributed by atoms with Crippen LogP contribution in [0.3, 0.4) is 0 Å². The van der Waals surface area contributed by atoms with Crippen molar-refractivity contribution in [2.75, 3.05) is 26.3 Å². The van der Waals surface area contributed by atoms with E-state index in [0.29, 0.717) is 26.3 Å². The third-order valence-corrected chi connectivity index (χ3v) is 1.89. The second-order valence-corrected chi connectivity index (χ2v) is 2.87. The molecule has 0 radical (unpaired) electrons. The van der Waals surface area contributed by atoms with Gasteiger partial charge in [-0.25, -0.2) is 0 Å². The molecule has 4 nitrogen and oxygen atoms in total. The Morgan fingerprint density at radius 2 is 2.50 bits per heavy atom. The Balaban J connectivity index is 2.54. The zero-order valence-electron chi connectivity index (χ0n) is 7.12. The Morgan fingerprint density at radius 3 is 3.08 bits per heavy atom. The molecule has 0 aromatic rings. The third kappa shape index (κ3) is 2.21. The summed E-state index contributed by atoms with van der Waals surface area (Å²) in [4.78, 5) is 12.6. The average molecular weight is 168 g/mol. The number of amides is 1. The number of nitrogens with zero attached hydrogens (tertiary/aromatic N) is 2. The van der Waals surface area contributed by atoms with Crippen LogP contribution in [-0.2, 0) is 9.53 Å². The molecule has 1 heterocycles. The summed E-state index contributed by atoms with van der Waals surface area (Å²) < 4.78 is 5.16. The van der Waals surface area contributed by atoms with Crippen LogP contribution in [0.25, 0.3) is 0 Å². The zero-order chi connectivity index (χ0) is 8.97. The van der Waals surface area contributed by atoms with E-state index in [0.717, 1.165) is 0 Å². The molecule has 1 aliphatic rings. The van der Waals surface area contributed by atoms with E-state index in [1.165, 1.54) is 6.92 Å². The Hall–Kier alpha value is -1.08. The van der Waals surface area contributed by atoms with E-state index in [9.17, 15) is 4.79 Å². The van der Waals surface area contributed by atoms with Crippen molar-refractivity contribution >= 4 is 5.91 Å². The Bertz CT molecular complexity index is 210. The molecular formula is C8H12N2O2. The molecule has 1 amide bonds. The first-order chi connectivity index (χ1) is 5.74. The quantitative estimate of drug-likeness (QED) is 0.511. The summed E-state index contributed by atoms with van der Waals surface area (Å²) in [5, 5.41) is 8.65. The fourth-order valence-electron chi connectivity index (χ4n) is 1.17. The van der Waals surface area contributed by atoms with Gasteiger partial charge in [0.05, 0.1) is 25.2 Å². The van der Waals surface area contributed by atoms with Gasteiger partial charge in [-0.2, -0.15) is 5.26 Å². The second kappa shape index (κ2) is 4.07. The normalized spacial score (nSPS) is 24.3. The third-order valence-electron chi connectivity index (χ3n) is 1.89. The summed E-state index contributed by atoms with van der Waals surface area (Å²) in [7, 11) is 0. The highest BCUT2D eigenvalue weighted by Crippen LogP contribution is 2.05. The largest absolute Gasteiger partial charge is 0.378 e. The number of hydrogen-bond donors (Lipinski definition) is 0. The minimum Gasteiger partial charge on any atom is -0.378 e. The van der Waals surface area contributed by atoms with E-state index in [4.69, 9.17) is 10.00 Å². The van der Waals surface area contributed by atoms with E-state index in [1.807, 2.05) is 0 Å². The Kier molecular flexibility index (Phi) is 3.06. The minimum absolute atomic E-state index is 0.0146. The fraction of sp³-hybridized carbons (Fsp3) is 0.750. The van der Waals surface area contributed by atoms with Gasteiger partial charge in [0.25, 0.3) is 0 Å². The number of nitriles is 1. The van der Waals surface area contributed by atoms with Gasteiger partial charge in [-0.05, 0) is 0 Å². The maximum absolute atomic E-state index is 11.0. The van der Waals surface area contributed by atoms with Crippen LogP contribution in [-0.4, -0.2) is 37.1 Å². The van der Waals surface area contributed by atoms with E-state index in [1.54, 1.807) is 4.90 Å². The highest BCUT2D eigenvalue weighted by Gasteiger charge is 2.19. The summed E-state index contributed by atoms with van der Waals surface area (Å²) in [6, 6.07) is 2.11. The van der Waals surface area contributed by atoms with Crippen molar-refractivity contribution < 1.29 is 9.53 Å². The molecule has 1 atom stereocenters. The van der Waals surface area contributed by atoms with Crippen molar-refractivity contribution in [3.05, 3.63) is 0 Å². The first-order valence-electron chi connectivity index (χ1n) is 3.97. The molecule has 4 heteroatoms. The predicted molar refractivity (Wildman–Crippen MR) is 42.2 cm³/mol. The van der Waals surface area contributed by atoms with Crippen molar-refractivity contribution in [3.8, 4) is 6.07 Å². The van der Waals surface area contributed by atoms with Crippen LogP contribution in [0.4, 0.5) is 0 Å². The standard InChI is InChI=1S/C8H12N2O2/c1-7(11)10-2-3-12-6-8(4-9)5-10/h8H,2-3,5-6H2,1H3. The molecule has 66 valence electrons. The van der Waals surface area contributed by atoms with Gasteiger partial charge < -0.3 is 9.64 Å². The predicted octanol–water partition coefficient (Wildman–Crippen LogP) is 0.00488. The lowest BCUT2D eigenvalue weighted by Crippen LogP contribution is -2.33. The fourth-order valence-corrected chi connectivity index (χ4v) is 1.17. The first-order valence-corrected chi connectivity index (χ1v) is 3.97. The lowest BCUT2D eigenvalue weighted by molar-refractivity contribution is -0.129. The molecule has 1 saturated heterocycles. The van der Waals surface area contributed by atoms with Gasteiger partial charge in [-0.1, -0.05) is 0 Å². The van der Waals surface area contributed by atoms with Gasteiger partial charge in [0.2, 0.25) is 5.91 Å². The van der Waals surface area contributed by atoms with Crippen LogP contribution in [0.5, 0.6) is 0 Å². The van der Waals surface area contributed by atoms with E-state index in [-0.39, 0.29) is 11.8 Å². The smallest absolute Gasteiger partial charge is 0.219 e. The molecule has 0 bridgehead atoms. The van der Waals surface area contributed by atoms with Gasteiger partial charge in [0.1, 0.15) is 0 Å². The lowest BCUT2D eigenvalue weighted by atomic mass is 10.2. The van der Waals surface area contributed by atoms with Crippen molar-refractivity contribution in [1.82, 2.24) is 4.90 Å². The zero-order valence-corrected chi connectivity index (χ0v) is 7.12. The summed E-state index contributed by atoms with van der Waals surface area (Å²) in [5.41, 5.74) is 0. The Labute approximate surface area is 71.7 Å². The molecule has 12 heavy (non-hydrogen) atoms. The molecule has 0 aromatic heterocycles. The number of carbonyl (C=O) groups excluding carboxylic acids is 1. The van der Waals surface area contributed by atoms with Crippen molar-refractivity contribution in [2.45, 2.75) is 6.92 Å². The van der Waals surface area contributed by atoms with Crippen LogP contribution in [0.2, 0.25) is 0 Å². The SMILES string of the molecule is CC(=O)N1CCOCC(C#N)C1. The number of ether oxygens (including phenoxy) is 1. The highest BCUT2D eigenvalue weighted by molar-refractivity contribution is 5.73. The van der Waals surface area contributed by atoms with Crippen LogP contribution in [0.1, 0.15) is 6.92 Å². The van der Waals surface area contributed by atoms with Crippen molar-refractivity contribution in [2.24, 2.45) is 5.92 Å². The monoisotopic (exact) mass is 168 g/mol. The van der Waals surface area contributed by atoms with Gasteiger partial charge in [0.15, 0.2) is 0 Å². The van der Waals surface area contributed by atoms with Crippen LogP contribution in [0, 0.1) is 17.2 Å². The highest BCUT2D eigenvalue weighted by atomic mass is 16.5. The second-order valence-electron chi connectivity index (χ2n) is 2.87. The van der Waals surface area contributed by atoms with Gasteiger partial charge >= 0.3 is 0 Å². The molecule has 0 aliphatic carbocycles. The van der Waals surface area contributed by atoms with Gasteiger partial charge in [-0.3, -0.25) is 4.79 Å². The molecule has 0 spiro atoms. The Morgan fingerprint density at radius 1 is 1.75 bits per heavy atom. The van der Waals surface area contributed by atoms with E-state index < -0.39 is 0 Å². The maximum atomic E-state index is 11.0. The van der Waals surface area contributed by atoms with Gasteiger partial charge in [-0.15, -0.1) is 0 Å². The van der Waals surface area contributed by atoms with Crippen LogP contribution < -0.4 is 0 Å². The summed E-state index contributed by atoms with van der Waals surface area (Å²) in [5.74, 6) is -0.155. The molecule has 1 rings (SSSR count). The first kappa shape index (κ1) is 9.01. The minimum atomic E-state index is -0.170. The molecular weight excluding hydrogens is 156 g/mol. The maximum Gasteiger partial charge on any atom is 0.219 e. The molecule has 0 aromatic carbocycles. The van der Waals surface area contributed by atoms with E-state index in [2.05, 4.69) is 6.07 Å². The molecule has 0 N–H and O–H groups in total. The van der Waals surface area contributed by atoms with E-state index >= 15 is 0 Å². The lowest BCUT2D eigenvalue weighted by Gasteiger charge is -2.18. The van der Waals surface area contributed by atoms with Crippen LogP contribution in [0.15, 0.2) is 0 Å². The average Bonchev–Trinajstić information content (AvgIpc) is 2.28. The van der Waals surface area contributed by atoms with Crippen molar-refractivity contribution in [3.63, 3.8) is 0 Å². The number of rotatable bonds is 0. The summed E-state index contributed by atoms with van der Waals surface area (Å²) in [6.45, 7) is 3.61. The van der Waals surface area contributed by atoms with Crippen LogP contribution >= 0.6 is 0 Å². The summed E-state index contributed by atoms with van der Waals surface area (Å²) in [6.07, 6.45) is 0. The number of carbonyl (C=O) groups is 1.